The molecule has 0 aliphatic carbocycles. The zero-order chi connectivity index (χ0) is 20.2. The van der Waals surface area contributed by atoms with Crippen molar-refractivity contribution in [2.75, 3.05) is 11.9 Å². The summed E-state index contributed by atoms with van der Waals surface area (Å²) in [5.41, 5.74) is 0.278. The van der Waals surface area contributed by atoms with Gasteiger partial charge in [0, 0.05) is 28.3 Å². The molecule has 6 nitrogen and oxygen atoms in total. The Morgan fingerprint density at radius 2 is 1.96 bits per heavy atom. The van der Waals surface area contributed by atoms with Gasteiger partial charge < -0.3 is 5.32 Å². The van der Waals surface area contributed by atoms with Crippen LogP contribution < -0.4 is 10.6 Å². The fourth-order valence-corrected chi connectivity index (χ4v) is 5.44. The van der Waals surface area contributed by atoms with Crippen LogP contribution in [0.3, 0.4) is 0 Å². The van der Waals surface area contributed by atoms with Gasteiger partial charge in [-0.25, -0.2) is 0 Å². The van der Waals surface area contributed by atoms with E-state index in [4.69, 9.17) is 0 Å². The van der Waals surface area contributed by atoms with E-state index in [0.717, 1.165) is 29.3 Å². The number of fused-ring (bicyclic) bond motifs is 4. The molecule has 150 valence electrons. The maximum Gasteiger partial charge on any atom is 0.250 e. The lowest BCUT2D eigenvalue weighted by molar-refractivity contribution is -0.142. The number of nitrogens with zero attached hydrogens (tertiary/aromatic N) is 1. The molecule has 3 aliphatic rings. The zero-order valence-corrected chi connectivity index (χ0v) is 18.0. The molecule has 2 saturated heterocycles. The van der Waals surface area contributed by atoms with Gasteiger partial charge in [0.15, 0.2) is 0 Å². The van der Waals surface area contributed by atoms with Gasteiger partial charge in [0.05, 0.1) is 11.8 Å². The van der Waals surface area contributed by atoms with Crippen molar-refractivity contribution >= 4 is 39.3 Å². The Hall–Kier alpha value is -1.73. The fourth-order valence-electron chi connectivity index (χ4n) is 5.08. The second-order valence-electron chi connectivity index (χ2n) is 8.52. The summed E-state index contributed by atoms with van der Waals surface area (Å²) in [5.74, 6) is -1.44. The molecule has 0 bridgehead atoms. The van der Waals surface area contributed by atoms with Crippen LogP contribution >= 0.6 is 15.9 Å². The monoisotopic (exact) mass is 447 g/mol. The Morgan fingerprint density at radius 3 is 2.64 bits per heavy atom. The first-order valence-corrected chi connectivity index (χ1v) is 10.8. The van der Waals surface area contributed by atoms with Crippen molar-refractivity contribution in [2.24, 2.45) is 17.8 Å². The van der Waals surface area contributed by atoms with Crippen molar-refractivity contribution in [3.8, 4) is 0 Å². The lowest BCUT2D eigenvalue weighted by Gasteiger charge is -2.30. The van der Waals surface area contributed by atoms with Crippen molar-refractivity contribution in [1.82, 2.24) is 10.2 Å². The number of hydrogen-bond acceptors (Lipinski definition) is 4. The highest BCUT2D eigenvalue weighted by Gasteiger charge is 2.70. The minimum absolute atomic E-state index is 0.130. The van der Waals surface area contributed by atoms with Crippen LogP contribution in [0, 0.1) is 17.8 Å². The number of anilines is 1. The van der Waals surface area contributed by atoms with Crippen LogP contribution in [0.5, 0.6) is 0 Å². The first kappa shape index (κ1) is 19.6. The molecule has 0 unspecified atom stereocenters. The van der Waals surface area contributed by atoms with Crippen molar-refractivity contribution in [3.63, 3.8) is 0 Å². The van der Waals surface area contributed by atoms with E-state index in [1.165, 1.54) is 4.90 Å². The minimum Gasteiger partial charge on any atom is -0.324 e. The van der Waals surface area contributed by atoms with Crippen LogP contribution in [0.4, 0.5) is 5.69 Å². The summed E-state index contributed by atoms with van der Waals surface area (Å²) in [6, 6.07) is 5.39. The zero-order valence-electron chi connectivity index (χ0n) is 16.4. The third-order valence-electron chi connectivity index (χ3n) is 6.23. The van der Waals surface area contributed by atoms with Crippen LogP contribution in [0.25, 0.3) is 0 Å². The third kappa shape index (κ3) is 2.66. The Labute approximate surface area is 173 Å². The van der Waals surface area contributed by atoms with E-state index in [1.54, 1.807) is 0 Å². The molecule has 28 heavy (non-hydrogen) atoms. The number of hydrogen-bond donors (Lipinski definition) is 2. The number of likely N-dealkylation sites (tertiary alicyclic amines) is 1. The van der Waals surface area contributed by atoms with Crippen LogP contribution in [-0.2, 0) is 19.9 Å². The molecule has 4 atom stereocenters. The summed E-state index contributed by atoms with van der Waals surface area (Å²) in [5, 5.41) is 6.40. The summed E-state index contributed by atoms with van der Waals surface area (Å²) >= 11 is 3.49. The number of nitrogens with one attached hydrogen (secondary N) is 2. The number of rotatable bonds is 5. The minimum atomic E-state index is -1.18. The predicted octanol–water partition coefficient (Wildman–Crippen LogP) is 3.02. The predicted molar refractivity (Wildman–Crippen MR) is 109 cm³/mol. The molecule has 3 heterocycles. The molecule has 0 radical (unpaired) electrons. The quantitative estimate of drug-likeness (QED) is 0.679. The molecule has 3 amide bonds. The van der Waals surface area contributed by atoms with Gasteiger partial charge in [-0.15, -0.1) is 0 Å². The molecular formula is C21H26BrN3O3. The normalized spacial score (nSPS) is 31.1. The highest BCUT2D eigenvalue weighted by Crippen LogP contribution is 2.54. The fraction of sp³-hybridized carbons (Fsp3) is 0.571. The first-order chi connectivity index (χ1) is 13.3. The van der Waals surface area contributed by atoms with Gasteiger partial charge in [-0.3, -0.25) is 24.6 Å². The van der Waals surface area contributed by atoms with E-state index in [9.17, 15) is 14.4 Å². The summed E-state index contributed by atoms with van der Waals surface area (Å²) < 4.78 is 0.840. The second-order valence-corrected chi connectivity index (χ2v) is 9.43. The highest BCUT2D eigenvalue weighted by molar-refractivity contribution is 9.10. The van der Waals surface area contributed by atoms with Crippen molar-refractivity contribution in [1.29, 1.82) is 0 Å². The van der Waals surface area contributed by atoms with Gasteiger partial charge in [-0.2, -0.15) is 0 Å². The lowest BCUT2D eigenvalue weighted by atomic mass is 9.76. The number of carbonyl (C=O) groups excluding carboxylic acids is 3. The third-order valence-corrected chi connectivity index (χ3v) is 6.72. The number of unbranched alkanes of at least 4 members (excludes halogenated alkanes) is 1. The molecule has 1 aromatic rings. The number of imide groups is 1. The molecule has 1 spiro atoms. The largest absolute Gasteiger partial charge is 0.324 e. The molecule has 3 aliphatic heterocycles. The van der Waals surface area contributed by atoms with Gasteiger partial charge in [0.2, 0.25) is 17.7 Å². The summed E-state index contributed by atoms with van der Waals surface area (Å²) in [6.07, 6.45) is 2.42. The Balaban J connectivity index is 1.84. The summed E-state index contributed by atoms with van der Waals surface area (Å²) in [4.78, 5) is 41.3. The average molecular weight is 448 g/mol. The second kappa shape index (κ2) is 6.95. The molecule has 1 aromatic carbocycles. The van der Waals surface area contributed by atoms with Crippen LogP contribution in [0.2, 0.25) is 0 Å². The van der Waals surface area contributed by atoms with Gasteiger partial charge in [-0.05, 0) is 37.0 Å². The van der Waals surface area contributed by atoms with Crippen LogP contribution in [0.15, 0.2) is 22.7 Å². The highest BCUT2D eigenvalue weighted by atomic mass is 79.9. The van der Waals surface area contributed by atoms with Crippen LogP contribution in [-0.4, -0.2) is 35.2 Å². The number of halogens is 1. The molecular weight excluding hydrogens is 422 g/mol. The molecule has 4 rings (SSSR count). The maximum absolute atomic E-state index is 13.4. The first-order valence-electron chi connectivity index (χ1n) is 10.1. The van der Waals surface area contributed by atoms with E-state index in [1.807, 2.05) is 25.1 Å². The van der Waals surface area contributed by atoms with E-state index in [2.05, 4.69) is 40.4 Å². The van der Waals surface area contributed by atoms with Crippen molar-refractivity contribution < 1.29 is 14.4 Å². The van der Waals surface area contributed by atoms with Crippen LogP contribution in [0.1, 0.15) is 45.6 Å². The topological polar surface area (TPSA) is 78.5 Å². The molecule has 2 fully saturated rings. The Morgan fingerprint density at radius 1 is 1.21 bits per heavy atom. The van der Waals surface area contributed by atoms with Gasteiger partial charge in [0.1, 0.15) is 5.54 Å². The lowest BCUT2D eigenvalue weighted by Crippen LogP contribution is -2.53. The number of carbonyl (C=O) groups is 3. The smallest absolute Gasteiger partial charge is 0.250 e. The summed E-state index contributed by atoms with van der Waals surface area (Å²) in [6.45, 7) is 6.65. The van der Waals surface area contributed by atoms with E-state index >= 15 is 0 Å². The molecule has 2 N–H and O–H groups in total. The maximum atomic E-state index is 13.4. The van der Waals surface area contributed by atoms with Crippen molar-refractivity contribution in [3.05, 3.63) is 28.2 Å². The molecule has 0 saturated carbocycles. The van der Waals surface area contributed by atoms with E-state index in [0.29, 0.717) is 18.2 Å². The van der Waals surface area contributed by atoms with Gasteiger partial charge in [0.25, 0.3) is 0 Å². The van der Waals surface area contributed by atoms with Gasteiger partial charge >= 0.3 is 0 Å². The van der Waals surface area contributed by atoms with E-state index < -0.39 is 17.4 Å². The Bertz CT molecular complexity index is 855. The standard InChI is InChI=1S/C21H26BrN3O3/c1-4-5-8-25-18(26)16-15(9-11(2)3)24-21(17(16)19(25)27)13-10-12(22)6-7-14(13)23-20(21)28/h6-7,10-11,15-17,24H,4-5,8-9H2,1-3H3,(H,23,28)/t15-,16+,17-,21-/m0/s1. The average Bonchev–Trinajstić information content (AvgIpc) is 3.19. The number of amides is 3. The molecule has 7 heteroatoms. The van der Waals surface area contributed by atoms with E-state index in [-0.39, 0.29) is 23.8 Å². The molecule has 0 aromatic heterocycles. The van der Waals surface area contributed by atoms with Gasteiger partial charge in [-0.1, -0.05) is 43.1 Å². The summed E-state index contributed by atoms with van der Waals surface area (Å²) in [7, 11) is 0. The SMILES string of the molecule is CCCCN1C(=O)[C@@H]2[C@H](CC(C)C)N[C@]3(C(=O)Nc4ccc(Br)cc43)[C@@H]2C1=O. The van der Waals surface area contributed by atoms with Crippen molar-refractivity contribution in [2.45, 2.75) is 51.6 Å². The Kier molecular flexibility index (Phi) is 4.86. The number of benzene rings is 1.